The molecule has 0 saturated carbocycles. The molecule has 64 valence electrons. The van der Waals surface area contributed by atoms with Gasteiger partial charge in [-0.05, 0) is 18.6 Å². The highest BCUT2D eigenvalue weighted by Gasteiger charge is 2.08. The molecule has 0 aliphatic carbocycles. The lowest BCUT2D eigenvalue weighted by Gasteiger charge is -2.08. The topological polar surface area (TPSA) is 44.3 Å². The molecule has 3 nitrogen and oxygen atoms in total. The molecule has 0 aromatic heterocycles. The fourth-order valence-electron chi connectivity index (χ4n) is 1.40. The van der Waals surface area contributed by atoms with Gasteiger partial charge in [0.1, 0.15) is 11.4 Å². The van der Waals surface area contributed by atoms with E-state index in [1.807, 2.05) is 12.1 Å². The van der Waals surface area contributed by atoms with Crippen molar-refractivity contribution in [2.75, 3.05) is 23.7 Å². The van der Waals surface area contributed by atoms with Crippen LogP contribution in [0.2, 0.25) is 0 Å². The Kier molecular flexibility index (Phi) is 1.78. The van der Waals surface area contributed by atoms with Crippen LogP contribution in [-0.2, 0) is 0 Å². The van der Waals surface area contributed by atoms with Gasteiger partial charge in [0.05, 0.1) is 5.69 Å². The zero-order chi connectivity index (χ0) is 8.39. The van der Waals surface area contributed by atoms with Gasteiger partial charge in [-0.3, -0.25) is 0 Å². The number of phenols is 1. The second-order valence-corrected chi connectivity index (χ2v) is 2.91. The molecule has 3 heteroatoms. The van der Waals surface area contributed by atoms with Crippen LogP contribution in [0.5, 0.6) is 5.75 Å². The Bertz CT molecular complexity index is 286. The van der Waals surface area contributed by atoms with Gasteiger partial charge in [0.2, 0.25) is 0 Å². The van der Waals surface area contributed by atoms with Crippen LogP contribution in [0.4, 0.5) is 11.4 Å². The van der Waals surface area contributed by atoms with E-state index in [0.29, 0.717) is 5.75 Å². The fourth-order valence-corrected chi connectivity index (χ4v) is 1.40. The first-order valence-corrected chi connectivity index (χ1v) is 4.17. The monoisotopic (exact) mass is 164 g/mol. The van der Waals surface area contributed by atoms with Gasteiger partial charge in [-0.2, -0.15) is 0 Å². The van der Waals surface area contributed by atoms with Crippen molar-refractivity contribution in [3.8, 4) is 5.75 Å². The van der Waals surface area contributed by atoms with E-state index in [2.05, 4.69) is 10.6 Å². The number of hydrogen-bond acceptors (Lipinski definition) is 3. The van der Waals surface area contributed by atoms with E-state index in [-0.39, 0.29) is 0 Å². The number of anilines is 2. The minimum atomic E-state index is 0.321. The van der Waals surface area contributed by atoms with Crippen molar-refractivity contribution in [1.29, 1.82) is 0 Å². The van der Waals surface area contributed by atoms with E-state index in [4.69, 9.17) is 0 Å². The lowest BCUT2D eigenvalue weighted by molar-refractivity contribution is 0.477. The smallest absolute Gasteiger partial charge is 0.140 e. The lowest BCUT2D eigenvalue weighted by atomic mass is 10.2. The Morgan fingerprint density at radius 1 is 1.17 bits per heavy atom. The van der Waals surface area contributed by atoms with Crippen molar-refractivity contribution in [2.24, 2.45) is 0 Å². The third-order valence-corrected chi connectivity index (χ3v) is 2.01. The fraction of sp³-hybridized carbons (Fsp3) is 0.333. The predicted molar refractivity (Wildman–Crippen MR) is 49.7 cm³/mol. The highest BCUT2D eigenvalue weighted by Crippen LogP contribution is 2.32. The van der Waals surface area contributed by atoms with Crippen molar-refractivity contribution in [3.05, 3.63) is 18.2 Å². The molecule has 1 heterocycles. The summed E-state index contributed by atoms with van der Waals surface area (Å²) in [5, 5.41) is 15.9. The number of benzene rings is 1. The second kappa shape index (κ2) is 2.93. The molecule has 12 heavy (non-hydrogen) atoms. The number of fused-ring (bicyclic) bond motifs is 1. The van der Waals surface area contributed by atoms with Gasteiger partial charge in [-0.1, -0.05) is 6.07 Å². The number of para-hydroxylation sites is 1. The summed E-state index contributed by atoms with van der Waals surface area (Å²) in [6.45, 7) is 1.88. The first kappa shape index (κ1) is 7.28. The molecular weight excluding hydrogens is 152 g/mol. The average molecular weight is 164 g/mol. The van der Waals surface area contributed by atoms with E-state index in [0.717, 1.165) is 30.9 Å². The maximum absolute atomic E-state index is 9.48. The quantitative estimate of drug-likeness (QED) is 0.510. The standard InChI is InChI=1S/C9H12N2O/c12-8-4-1-3-7-9(8)11-6-2-5-10-7/h1,3-4,10-12H,2,5-6H2. The van der Waals surface area contributed by atoms with Gasteiger partial charge in [0.25, 0.3) is 0 Å². The SMILES string of the molecule is Oc1cccc2c1NCCCN2. The molecule has 1 aliphatic rings. The highest BCUT2D eigenvalue weighted by atomic mass is 16.3. The lowest BCUT2D eigenvalue weighted by Crippen LogP contribution is -2.01. The maximum atomic E-state index is 9.48. The molecule has 1 aromatic rings. The van der Waals surface area contributed by atoms with Crippen LogP contribution in [0.1, 0.15) is 6.42 Å². The van der Waals surface area contributed by atoms with Crippen molar-refractivity contribution in [2.45, 2.75) is 6.42 Å². The Morgan fingerprint density at radius 2 is 2.00 bits per heavy atom. The summed E-state index contributed by atoms with van der Waals surface area (Å²) in [7, 11) is 0. The van der Waals surface area contributed by atoms with Crippen LogP contribution in [0.15, 0.2) is 18.2 Å². The normalized spacial score (nSPS) is 15.3. The van der Waals surface area contributed by atoms with E-state index < -0.39 is 0 Å². The van der Waals surface area contributed by atoms with Crippen LogP contribution >= 0.6 is 0 Å². The van der Waals surface area contributed by atoms with Crippen LogP contribution < -0.4 is 10.6 Å². The molecule has 0 atom stereocenters. The van der Waals surface area contributed by atoms with Crippen LogP contribution in [-0.4, -0.2) is 18.2 Å². The van der Waals surface area contributed by atoms with Gasteiger partial charge in [-0.15, -0.1) is 0 Å². The van der Waals surface area contributed by atoms with Gasteiger partial charge < -0.3 is 15.7 Å². The largest absolute Gasteiger partial charge is 0.506 e. The van der Waals surface area contributed by atoms with Gasteiger partial charge in [0.15, 0.2) is 0 Å². The first-order valence-electron chi connectivity index (χ1n) is 4.17. The zero-order valence-electron chi connectivity index (χ0n) is 6.80. The molecule has 1 aromatic carbocycles. The summed E-state index contributed by atoms with van der Waals surface area (Å²) in [5.41, 5.74) is 1.82. The molecule has 0 saturated heterocycles. The molecule has 3 N–H and O–H groups in total. The van der Waals surface area contributed by atoms with Crippen molar-refractivity contribution in [1.82, 2.24) is 0 Å². The van der Waals surface area contributed by atoms with Crippen LogP contribution in [0.25, 0.3) is 0 Å². The Hall–Kier alpha value is -1.38. The summed E-state index contributed by atoms with van der Waals surface area (Å²) >= 11 is 0. The highest BCUT2D eigenvalue weighted by molar-refractivity contribution is 5.75. The molecule has 1 aliphatic heterocycles. The summed E-state index contributed by atoms with van der Waals surface area (Å²) < 4.78 is 0. The molecule has 0 bridgehead atoms. The predicted octanol–water partition coefficient (Wildman–Crippen LogP) is 1.62. The van der Waals surface area contributed by atoms with Crippen LogP contribution in [0, 0.1) is 0 Å². The molecule has 0 amide bonds. The molecule has 0 spiro atoms. The molecule has 0 radical (unpaired) electrons. The van der Waals surface area contributed by atoms with Crippen molar-refractivity contribution < 1.29 is 5.11 Å². The maximum Gasteiger partial charge on any atom is 0.140 e. The minimum Gasteiger partial charge on any atom is -0.506 e. The van der Waals surface area contributed by atoms with Gasteiger partial charge in [0, 0.05) is 13.1 Å². The average Bonchev–Trinajstić information content (AvgIpc) is 2.30. The van der Waals surface area contributed by atoms with Crippen molar-refractivity contribution >= 4 is 11.4 Å². The number of aromatic hydroxyl groups is 1. The Balaban J connectivity index is 2.42. The third-order valence-electron chi connectivity index (χ3n) is 2.01. The molecular formula is C9H12N2O. The van der Waals surface area contributed by atoms with Gasteiger partial charge in [-0.25, -0.2) is 0 Å². The number of hydrogen-bond donors (Lipinski definition) is 3. The van der Waals surface area contributed by atoms with E-state index >= 15 is 0 Å². The van der Waals surface area contributed by atoms with E-state index in [1.54, 1.807) is 6.07 Å². The van der Waals surface area contributed by atoms with E-state index in [1.165, 1.54) is 0 Å². The first-order chi connectivity index (χ1) is 5.88. The molecule has 0 unspecified atom stereocenters. The number of phenolic OH excluding ortho intramolecular Hbond substituents is 1. The van der Waals surface area contributed by atoms with Crippen LogP contribution in [0.3, 0.4) is 0 Å². The van der Waals surface area contributed by atoms with E-state index in [9.17, 15) is 5.11 Å². The summed E-state index contributed by atoms with van der Waals surface area (Å²) in [5.74, 6) is 0.321. The summed E-state index contributed by atoms with van der Waals surface area (Å²) in [4.78, 5) is 0. The zero-order valence-corrected chi connectivity index (χ0v) is 6.80. The Labute approximate surface area is 71.4 Å². The minimum absolute atomic E-state index is 0.321. The Morgan fingerprint density at radius 3 is 2.92 bits per heavy atom. The van der Waals surface area contributed by atoms with Crippen molar-refractivity contribution in [3.63, 3.8) is 0 Å². The number of rotatable bonds is 0. The molecule has 0 fully saturated rings. The number of nitrogens with one attached hydrogen (secondary N) is 2. The summed E-state index contributed by atoms with van der Waals surface area (Å²) in [6, 6.07) is 5.50. The summed E-state index contributed by atoms with van der Waals surface area (Å²) in [6.07, 6.45) is 1.08. The third kappa shape index (κ3) is 1.18. The molecule has 2 rings (SSSR count). The second-order valence-electron chi connectivity index (χ2n) is 2.91. The van der Waals surface area contributed by atoms with Gasteiger partial charge >= 0.3 is 0 Å².